The Hall–Kier alpha value is -0.570. The first-order valence-corrected chi connectivity index (χ1v) is 6.39. The van der Waals surface area contributed by atoms with Gasteiger partial charge in [0.25, 0.3) is 0 Å². The van der Waals surface area contributed by atoms with Crippen molar-refractivity contribution < 1.29 is 14.6 Å². The van der Waals surface area contributed by atoms with E-state index >= 15 is 0 Å². The molecule has 0 radical (unpaired) electrons. The molecule has 3 nitrogen and oxygen atoms in total. The summed E-state index contributed by atoms with van der Waals surface area (Å²) in [5, 5.41) is 9.45. The van der Waals surface area contributed by atoms with E-state index in [4.69, 9.17) is 0 Å². The van der Waals surface area contributed by atoms with Crippen molar-refractivity contribution in [2.24, 2.45) is 5.92 Å². The fourth-order valence-corrected chi connectivity index (χ4v) is 1.85. The van der Waals surface area contributed by atoms with Crippen LogP contribution in [0.3, 0.4) is 0 Å². The summed E-state index contributed by atoms with van der Waals surface area (Å²) in [6.07, 6.45) is 7.29. The highest BCUT2D eigenvalue weighted by atomic mass is 16.5. The van der Waals surface area contributed by atoms with E-state index in [0.29, 0.717) is 0 Å². The predicted octanol–water partition coefficient (Wildman–Crippen LogP) is 2.91. The van der Waals surface area contributed by atoms with Crippen LogP contribution in [-0.2, 0) is 9.53 Å². The summed E-state index contributed by atoms with van der Waals surface area (Å²) in [6, 6.07) is 0. The van der Waals surface area contributed by atoms with Gasteiger partial charge in [0, 0.05) is 0 Å². The van der Waals surface area contributed by atoms with Crippen LogP contribution in [0.1, 0.15) is 58.8 Å². The first kappa shape index (κ1) is 15.4. The molecule has 0 aromatic heterocycles. The summed E-state index contributed by atoms with van der Waals surface area (Å²) in [6.45, 7) is 3.85. The average molecular weight is 230 g/mol. The standard InChI is InChI=1S/C13H26O3/c1-4-5-6-7-8-9-10-12(11(2)14)13(15)16-3/h11-12,14H,4-10H2,1-3H3/t11-,12-/m1/s1. The molecular formula is C13H26O3. The third-order valence-electron chi connectivity index (χ3n) is 2.95. The highest BCUT2D eigenvalue weighted by Gasteiger charge is 2.23. The van der Waals surface area contributed by atoms with Crippen molar-refractivity contribution in [1.29, 1.82) is 0 Å². The lowest BCUT2D eigenvalue weighted by Gasteiger charge is -2.16. The quantitative estimate of drug-likeness (QED) is 0.489. The zero-order valence-electron chi connectivity index (χ0n) is 10.9. The van der Waals surface area contributed by atoms with E-state index in [1.807, 2.05) is 0 Å². The molecule has 0 saturated carbocycles. The Balaban J connectivity index is 3.65. The van der Waals surface area contributed by atoms with E-state index in [2.05, 4.69) is 11.7 Å². The third kappa shape index (κ3) is 6.83. The number of esters is 1. The molecule has 0 saturated heterocycles. The number of unbranched alkanes of at least 4 members (excludes halogenated alkanes) is 5. The monoisotopic (exact) mass is 230 g/mol. The molecule has 0 aliphatic heterocycles. The SMILES string of the molecule is CCCCCCCC[C@@H](C(=O)OC)[C@@H](C)O. The lowest BCUT2D eigenvalue weighted by Crippen LogP contribution is -2.26. The molecule has 0 aliphatic rings. The Morgan fingerprint density at radius 3 is 2.25 bits per heavy atom. The van der Waals surface area contributed by atoms with Gasteiger partial charge in [-0.15, -0.1) is 0 Å². The summed E-state index contributed by atoms with van der Waals surface area (Å²) < 4.78 is 4.67. The number of ether oxygens (including phenoxy) is 1. The maximum absolute atomic E-state index is 11.3. The number of aliphatic hydroxyl groups excluding tert-OH is 1. The Morgan fingerprint density at radius 1 is 1.19 bits per heavy atom. The lowest BCUT2D eigenvalue weighted by atomic mass is 9.96. The molecule has 0 rings (SSSR count). The smallest absolute Gasteiger partial charge is 0.311 e. The normalized spacial score (nSPS) is 14.5. The van der Waals surface area contributed by atoms with Crippen LogP contribution in [0.15, 0.2) is 0 Å². The van der Waals surface area contributed by atoms with Gasteiger partial charge in [0.15, 0.2) is 0 Å². The van der Waals surface area contributed by atoms with Gasteiger partial charge in [0.05, 0.1) is 19.1 Å². The van der Waals surface area contributed by atoms with Crippen molar-refractivity contribution in [3.63, 3.8) is 0 Å². The van der Waals surface area contributed by atoms with Crippen molar-refractivity contribution in [2.75, 3.05) is 7.11 Å². The summed E-state index contributed by atoms with van der Waals surface area (Å²) >= 11 is 0. The van der Waals surface area contributed by atoms with Gasteiger partial charge in [-0.05, 0) is 13.3 Å². The van der Waals surface area contributed by atoms with Gasteiger partial charge in [-0.3, -0.25) is 4.79 Å². The average Bonchev–Trinajstić information content (AvgIpc) is 2.26. The second kappa shape index (κ2) is 9.64. The summed E-state index contributed by atoms with van der Waals surface area (Å²) in [7, 11) is 1.37. The van der Waals surface area contributed by atoms with Crippen LogP contribution >= 0.6 is 0 Å². The molecule has 0 aromatic rings. The van der Waals surface area contributed by atoms with E-state index in [0.717, 1.165) is 19.3 Å². The van der Waals surface area contributed by atoms with Crippen molar-refractivity contribution in [3.05, 3.63) is 0 Å². The second-order valence-corrected chi connectivity index (χ2v) is 4.43. The number of aliphatic hydroxyl groups is 1. The molecule has 0 amide bonds. The van der Waals surface area contributed by atoms with Crippen LogP contribution in [0.25, 0.3) is 0 Å². The molecule has 96 valence electrons. The maximum Gasteiger partial charge on any atom is 0.311 e. The largest absolute Gasteiger partial charge is 0.469 e. The van der Waals surface area contributed by atoms with Gasteiger partial charge in [-0.25, -0.2) is 0 Å². The molecule has 0 bridgehead atoms. The van der Waals surface area contributed by atoms with Gasteiger partial charge in [0.1, 0.15) is 0 Å². The van der Waals surface area contributed by atoms with Gasteiger partial charge in [-0.2, -0.15) is 0 Å². The van der Waals surface area contributed by atoms with Gasteiger partial charge >= 0.3 is 5.97 Å². The Morgan fingerprint density at radius 2 is 1.75 bits per heavy atom. The molecule has 0 spiro atoms. The van der Waals surface area contributed by atoms with Gasteiger partial charge < -0.3 is 9.84 Å². The number of carbonyl (C=O) groups excluding carboxylic acids is 1. The predicted molar refractivity (Wildman–Crippen MR) is 65.2 cm³/mol. The van der Waals surface area contributed by atoms with Crippen LogP contribution in [0, 0.1) is 5.92 Å². The van der Waals surface area contributed by atoms with Crippen LogP contribution < -0.4 is 0 Å². The second-order valence-electron chi connectivity index (χ2n) is 4.43. The molecule has 2 atom stereocenters. The topological polar surface area (TPSA) is 46.5 Å². The van der Waals surface area contributed by atoms with Crippen molar-refractivity contribution in [2.45, 2.75) is 64.9 Å². The maximum atomic E-state index is 11.3. The first-order chi connectivity index (χ1) is 7.63. The lowest BCUT2D eigenvalue weighted by molar-refractivity contribution is -0.149. The van der Waals surface area contributed by atoms with E-state index in [-0.39, 0.29) is 11.9 Å². The van der Waals surface area contributed by atoms with E-state index in [1.165, 1.54) is 32.8 Å². The molecule has 0 unspecified atom stereocenters. The number of hydrogen-bond donors (Lipinski definition) is 1. The van der Waals surface area contributed by atoms with E-state index in [9.17, 15) is 9.90 Å². The Labute approximate surface area is 99.2 Å². The third-order valence-corrected chi connectivity index (χ3v) is 2.95. The molecule has 0 aliphatic carbocycles. The van der Waals surface area contributed by atoms with E-state index < -0.39 is 6.10 Å². The minimum Gasteiger partial charge on any atom is -0.469 e. The van der Waals surface area contributed by atoms with Gasteiger partial charge in [0.2, 0.25) is 0 Å². The molecule has 0 heterocycles. The minimum atomic E-state index is -0.608. The summed E-state index contributed by atoms with van der Waals surface area (Å²) in [4.78, 5) is 11.3. The van der Waals surface area contributed by atoms with Crippen molar-refractivity contribution in [3.8, 4) is 0 Å². The Kier molecular flexibility index (Phi) is 9.30. The number of methoxy groups -OCH3 is 1. The molecule has 16 heavy (non-hydrogen) atoms. The van der Waals surface area contributed by atoms with Gasteiger partial charge in [-0.1, -0.05) is 45.4 Å². The number of carbonyl (C=O) groups is 1. The molecule has 0 aromatic carbocycles. The summed E-state index contributed by atoms with van der Waals surface area (Å²) in [5.41, 5.74) is 0. The highest BCUT2D eigenvalue weighted by Crippen LogP contribution is 2.16. The molecule has 3 heteroatoms. The summed E-state index contributed by atoms with van der Waals surface area (Å²) in [5.74, 6) is -0.639. The Bertz CT molecular complexity index is 178. The highest BCUT2D eigenvalue weighted by molar-refractivity contribution is 5.72. The zero-order valence-corrected chi connectivity index (χ0v) is 10.9. The van der Waals surface area contributed by atoms with E-state index in [1.54, 1.807) is 6.92 Å². The number of hydrogen-bond acceptors (Lipinski definition) is 3. The van der Waals surface area contributed by atoms with Crippen molar-refractivity contribution >= 4 is 5.97 Å². The van der Waals surface area contributed by atoms with Crippen LogP contribution in [0.2, 0.25) is 0 Å². The molecular weight excluding hydrogens is 204 g/mol. The minimum absolute atomic E-state index is 0.288. The number of rotatable bonds is 9. The molecule has 0 fully saturated rings. The molecule has 1 N–H and O–H groups in total. The fourth-order valence-electron chi connectivity index (χ4n) is 1.85. The first-order valence-electron chi connectivity index (χ1n) is 6.39. The van der Waals surface area contributed by atoms with Crippen LogP contribution in [-0.4, -0.2) is 24.3 Å². The van der Waals surface area contributed by atoms with Crippen LogP contribution in [0.5, 0.6) is 0 Å². The zero-order chi connectivity index (χ0) is 12.4. The fraction of sp³-hybridized carbons (Fsp3) is 0.923. The van der Waals surface area contributed by atoms with Crippen LogP contribution in [0.4, 0.5) is 0 Å². The van der Waals surface area contributed by atoms with Crippen molar-refractivity contribution in [1.82, 2.24) is 0 Å².